The summed E-state index contributed by atoms with van der Waals surface area (Å²) in [5, 5.41) is 0. The van der Waals surface area contributed by atoms with Gasteiger partial charge in [-0.2, -0.15) is 0 Å². The summed E-state index contributed by atoms with van der Waals surface area (Å²) in [6.07, 6.45) is 11.2. The van der Waals surface area contributed by atoms with E-state index < -0.39 is 0 Å². The van der Waals surface area contributed by atoms with Gasteiger partial charge < -0.3 is 19.6 Å². The molecule has 6 heteroatoms. The first-order chi connectivity index (χ1) is 37.9. The molecule has 392 valence electrons. The summed E-state index contributed by atoms with van der Waals surface area (Å²) < 4.78 is 0. The number of hydrogen-bond acceptors (Lipinski definition) is 4. The zero-order chi connectivity index (χ0) is 54.7. The van der Waals surface area contributed by atoms with Gasteiger partial charge in [0.15, 0.2) is 13.1 Å². The van der Waals surface area contributed by atoms with Crippen molar-refractivity contribution >= 4 is 56.5 Å². The number of rotatable bonds is 14. The number of nitrogens with one attached hydrogen (secondary N) is 2. The van der Waals surface area contributed by atoms with E-state index in [2.05, 4.69) is 318 Å². The molecular formula is C72H76N6+2. The molecule has 0 saturated heterocycles. The highest BCUT2D eigenvalue weighted by molar-refractivity contribution is 6.18. The number of fused-ring (bicyclic) bond motifs is 2. The fraction of sp³-hybridized carbons (Fsp3) is 0.194. The molecule has 0 fully saturated rings. The summed E-state index contributed by atoms with van der Waals surface area (Å²) in [6, 6.07) is 70.8. The Morgan fingerprint density at radius 1 is 0.295 bits per heavy atom. The van der Waals surface area contributed by atoms with Crippen molar-refractivity contribution in [2.75, 3.05) is 76.0 Å². The van der Waals surface area contributed by atoms with Gasteiger partial charge in [-0.15, -0.1) is 0 Å². The minimum absolute atomic E-state index is 0.794. The smallest absolute Gasteiger partial charge is 0.206 e. The van der Waals surface area contributed by atoms with Crippen LogP contribution in [0.25, 0.3) is 22.3 Å². The van der Waals surface area contributed by atoms with Gasteiger partial charge in [-0.05, 0) is 152 Å². The molecule has 0 aromatic heterocycles. The number of hydrogen-bond donors (Lipinski definition) is 2. The van der Waals surface area contributed by atoms with Crippen molar-refractivity contribution in [2.45, 2.75) is 39.8 Å². The molecule has 8 aromatic rings. The molecule has 0 atom stereocenters. The van der Waals surface area contributed by atoms with Crippen LogP contribution in [-0.4, -0.2) is 67.8 Å². The molecule has 0 amide bonds. The van der Waals surface area contributed by atoms with Crippen LogP contribution in [0, 0.1) is 0 Å². The van der Waals surface area contributed by atoms with E-state index in [1.807, 2.05) is 0 Å². The van der Waals surface area contributed by atoms with Crippen LogP contribution in [0.4, 0.5) is 22.7 Å². The average Bonchev–Trinajstić information content (AvgIpc) is 3.48. The van der Waals surface area contributed by atoms with Crippen LogP contribution in [0.1, 0.15) is 80.6 Å². The van der Waals surface area contributed by atoms with Crippen LogP contribution in [-0.2, 0) is 25.9 Å². The molecule has 0 saturated carbocycles. The van der Waals surface area contributed by atoms with Crippen molar-refractivity contribution in [3.63, 3.8) is 0 Å². The topological polar surface area (TPSA) is 40.9 Å². The lowest BCUT2D eigenvalue weighted by Crippen LogP contribution is -2.71. The summed E-state index contributed by atoms with van der Waals surface area (Å²) in [5.41, 5.74) is 27.1. The van der Waals surface area contributed by atoms with Gasteiger partial charge >= 0.3 is 0 Å². The predicted octanol–water partition coefficient (Wildman–Crippen LogP) is 12.0. The number of nitrogens with zero attached hydrogens (tertiary/aromatic N) is 4. The molecule has 78 heavy (non-hydrogen) atoms. The van der Waals surface area contributed by atoms with Crippen LogP contribution in [0.5, 0.6) is 0 Å². The summed E-state index contributed by atoms with van der Waals surface area (Å²) >= 11 is 0. The van der Waals surface area contributed by atoms with E-state index in [-0.39, 0.29) is 0 Å². The molecule has 2 N–H and O–H groups in total. The predicted molar refractivity (Wildman–Crippen MR) is 335 cm³/mol. The highest BCUT2D eigenvalue weighted by atomic mass is 15.1. The maximum atomic E-state index is 3.71. The van der Waals surface area contributed by atoms with Crippen LogP contribution < -0.4 is 29.6 Å². The Labute approximate surface area is 465 Å². The summed E-state index contributed by atoms with van der Waals surface area (Å²) in [7, 11) is 16.6. The lowest BCUT2D eigenvalue weighted by atomic mass is 9.83. The number of benzene rings is 8. The van der Waals surface area contributed by atoms with Gasteiger partial charge in [-0.25, -0.2) is 9.98 Å². The molecule has 0 spiro atoms. The molecule has 0 heterocycles. The number of aryl methyl sites for hydroxylation is 2. The first kappa shape index (κ1) is 54.1. The van der Waals surface area contributed by atoms with E-state index in [1.54, 1.807) is 0 Å². The molecule has 0 bridgehead atoms. The third-order valence-corrected chi connectivity index (χ3v) is 14.9. The van der Waals surface area contributed by atoms with Gasteiger partial charge in [0.05, 0.1) is 11.1 Å². The van der Waals surface area contributed by atoms with Crippen molar-refractivity contribution < 1.29 is 9.98 Å². The SMILES string of the molecule is CCc1ccc(C[NH+]=C2C=CC(=C(c3ccc(N(C)C)cc3)c3ccc(N(C)C)cc3)c3ccccc32)cc1.CCc1ccc(C[NH+]=C2C=CC(=C(c3ccc(N(C)C)cc3)c3ccc(N(C)C)cc3)c3ccccc32)cc1. The van der Waals surface area contributed by atoms with E-state index >= 15 is 0 Å². The van der Waals surface area contributed by atoms with E-state index in [0.717, 1.165) is 37.4 Å². The fourth-order valence-electron chi connectivity index (χ4n) is 10.2. The Balaban J connectivity index is 0.000000190. The molecule has 0 unspecified atom stereocenters. The van der Waals surface area contributed by atoms with Crippen molar-refractivity contribution in [3.8, 4) is 0 Å². The zero-order valence-corrected chi connectivity index (χ0v) is 47.4. The Morgan fingerprint density at radius 2 is 0.551 bits per heavy atom. The van der Waals surface area contributed by atoms with Crippen molar-refractivity contribution in [1.82, 2.24) is 0 Å². The van der Waals surface area contributed by atoms with Crippen molar-refractivity contribution in [1.29, 1.82) is 0 Å². The third-order valence-electron chi connectivity index (χ3n) is 14.9. The Morgan fingerprint density at radius 3 is 0.808 bits per heavy atom. The Kier molecular flexibility index (Phi) is 17.3. The molecule has 0 radical (unpaired) electrons. The Hall–Kier alpha value is -8.74. The molecule has 8 aromatic carbocycles. The second kappa shape index (κ2) is 24.9. The van der Waals surface area contributed by atoms with Crippen LogP contribution in [0.15, 0.2) is 218 Å². The second-order valence-corrected chi connectivity index (χ2v) is 21.0. The zero-order valence-electron chi connectivity index (χ0n) is 47.4. The largest absolute Gasteiger partial charge is 0.378 e. The van der Waals surface area contributed by atoms with Gasteiger partial charge in [-0.1, -0.05) is 147 Å². The van der Waals surface area contributed by atoms with E-state index in [9.17, 15) is 0 Å². The maximum absolute atomic E-state index is 3.71. The second-order valence-electron chi connectivity index (χ2n) is 21.0. The van der Waals surface area contributed by atoms with Crippen LogP contribution in [0.3, 0.4) is 0 Å². The van der Waals surface area contributed by atoms with Gasteiger partial charge in [0, 0.05) is 102 Å². The summed E-state index contributed by atoms with van der Waals surface area (Å²) in [5.74, 6) is 0. The molecule has 0 aliphatic heterocycles. The van der Waals surface area contributed by atoms with Gasteiger partial charge in [-0.3, -0.25) is 0 Å². The van der Waals surface area contributed by atoms with Gasteiger partial charge in [0.2, 0.25) is 11.4 Å². The van der Waals surface area contributed by atoms with Crippen molar-refractivity contribution in [3.05, 3.63) is 285 Å². The monoisotopic (exact) mass is 1020 g/mol. The molecule has 2 aliphatic carbocycles. The highest BCUT2D eigenvalue weighted by Gasteiger charge is 2.25. The fourth-order valence-corrected chi connectivity index (χ4v) is 10.2. The average molecular weight is 1030 g/mol. The highest BCUT2D eigenvalue weighted by Crippen LogP contribution is 2.39. The molecular weight excluding hydrogens is 949 g/mol. The first-order valence-corrected chi connectivity index (χ1v) is 27.4. The summed E-state index contributed by atoms with van der Waals surface area (Å²) in [4.78, 5) is 16.0. The van der Waals surface area contributed by atoms with E-state index in [1.165, 1.54) is 112 Å². The summed E-state index contributed by atoms with van der Waals surface area (Å²) in [6.45, 7) is 5.97. The van der Waals surface area contributed by atoms with Gasteiger partial charge in [0.25, 0.3) is 0 Å². The third kappa shape index (κ3) is 12.6. The maximum Gasteiger partial charge on any atom is 0.206 e. The van der Waals surface area contributed by atoms with E-state index in [4.69, 9.17) is 0 Å². The lowest BCUT2D eigenvalue weighted by Gasteiger charge is -2.21. The first-order valence-electron chi connectivity index (χ1n) is 27.4. The van der Waals surface area contributed by atoms with Gasteiger partial charge in [0.1, 0.15) is 0 Å². The number of allylic oxidation sites excluding steroid dienone is 6. The van der Waals surface area contributed by atoms with E-state index in [0.29, 0.717) is 0 Å². The lowest BCUT2D eigenvalue weighted by molar-refractivity contribution is -0.474. The minimum atomic E-state index is 0.794. The quantitative estimate of drug-likeness (QED) is 0.114. The van der Waals surface area contributed by atoms with Crippen molar-refractivity contribution in [2.24, 2.45) is 0 Å². The molecule has 10 rings (SSSR count). The number of anilines is 4. The molecule has 6 nitrogen and oxygen atoms in total. The Bertz CT molecular complexity index is 3170. The molecule has 2 aliphatic rings. The van der Waals surface area contributed by atoms with Crippen LogP contribution >= 0.6 is 0 Å². The normalized spacial score (nSPS) is 13.4. The van der Waals surface area contributed by atoms with Crippen LogP contribution in [0.2, 0.25) is 0 Å². The minimum Gasteiger partial charge on any atom is -0.378 e. The standard InChI is InChI=1S/2C36H37N3/c2*1-6-26-11-13-27(14-12-26)25-37-35-24-23-34(32-9-7-8-10-33(32)35)36(28-15-19-30(20-16-28)38(2)3)29-17-21-31(22-18-29)39(4)5/h2*7-24H,6,25H2,1-5H3/p+2.